The lowest BCUT2D eigenvalue weighted by molar-refractivity contribution is -0.116. The SMILES string of the molecule is CC(C)N1CCN(c2ccc(NC(=O)CCN(C)S(=O)c3cccc(Cl)c3Cl)cc2)CC1. The van der Waals surface area contributed by atoms with Crippen molar-refractivity contribution in [2.45, 2.75) is 31.2 Å². The quantitative estimate of drug-likeness (QED) is 0.584. The van der Waals surface area contributed by atoms with Crippen molar-refractivity contribution in [2.24, 2.45) is 0 Å². The van der Waals surface area contributed by atoms with Crippen LogP contribution in [0.4, 0.5) is 11.4 Å². The van der Waals surface area contributed by atoms with Crippen LogP contribution in [0.25, 0.3) is 0 Å². The van der Waals surface area contributed by atoms with Gasteiger partial charge in [-0.3, -0.25) is 9.69 Å². The number of piperazine rings is 1. The summed E-state index contributed by atoms with van der Waals surface area (Å²) in [5, 5.41) is 3.54. The fourth-order valence-corrected chi connectivity index (χ4v) is 5.21. The molecule has 1 N–H and O–H groups in total. The molecule has 0 spiro atoms. The molecule has 0 radical (unpaired) electrons. The van der Waals surface area contributed by atoms with Crippen LogP contribution in [0.3, 0.4) is 0 Å². The van der Waals surface area contributed by atoms with Crippen LogP contribution in [0.15, 0.2) is 47.4 Å². The highest BCUT2D eigenvalue weighted by atomic mass is 35.5. The Morgan fingerprint density at radius 1 is 1.09 bits per heavy atom. The van der Waals surface area contributed by atoms with Crippen molar-refractivity contribution in [2.75, 3.05) is 50.0 Å². The second-order valence-corrected chi connectivity index (χ2v) is 10.5. The number of nitrogens with zero attached hydrogens (tertiary/aromatic N) is 3. The van der Waals surface area contributed by atoms with Crippen molar-refractivity contribution in [3.63, 3.8) is 0 Å². The molecule has 32 heavy (non-hydrogen) atoms. The van der Waals surface area contributed by atoms with Gasteiger partial charge in [0.05, 0.1) is 14.9 Å². The number of halogens is 2. The van der Waals surface area contributed by atoms with Gasteiger partial charge in [-0.05, 0) is 50.2 Å². The highest BCUT2D eigenvalue weighted by Crippen LogP contribution is 2.28. The topological polar surface area (TPSA) is 55.9 Å². The summed E-state index contributed by atoms with van der Waals surface area (Å²) < 4.78 is 14.3. The van der Waals surface area contributed by atoms with Gasteiger partial charge in [0.25, 0.3) is 0 Å². The first-order valence-corrected chi connectivity index (χ1v) is 12.6. The largest absolute Gasteiger partial charge is 0.369 e. The first-order valence-electron chi connectivity index (χ1n) is 10.7. The molecule has 0 aromatic heterocycles. The van der Waals surface area contributed by atoms with E-state index in [0.717, 1.165) is 31.9 Å². The lowest BCUT2D eigenvalue weighted by Crippen LogP contribution is -2.48. The van der Waals surface area contributed by atoms with Crippen molar-refractivity contribution in [3.8, 4) is 0 Å². The number of nitrogens with one attached hydrogen (secondary N) is 1. The van der Waals surface area contributed by atoms with Gasteiger partial charge in [0.15, 0.2) is 0 Å². The molecule has 6 nitrogen and oxygen atoms in total. The number of anilines is 2. The number of hydrogen-bond donors (Lipinski definition) is 1. The standard InChI is InChI=1S/C23H30Cl2N4O2S/c1-17(2)28-13-15-29(16-14-28)19-9-7-18(8-10-19)26-22(30)11-12-27(3)32(31)21-6-4-5-20(24)23(21)25/h4-10,17H,11-16H2,1-3H3,(H,26,30). The third-order valence-electron chi connectivity index (χ3n) is 5.60. The van der Waals surface area contributed by atoms with Crippen molar-refractivity contribution in [1.82, 2.24) is 9.21 Å². The van der Waals surface area contributed by atoms with Crippen molar-refractivity contribution in [3.05, 3.63) is 52.5 Å². The monoisotopic (exact) mass is 496 g/mol. The minimum Gasteiger partial charge on any atom is -0.369 e. The first-order chi connectivity index (χ1) is 15.3. The molecule has 2 aromatic rings. The van der Waals surface area contributed by atoms with Gasteiger partial charge in [-0.15, -0.1) is 0 Å². The molecule has 3 rings (SSSR count). The minimum absolute atomic E-state index is 0.135. The van der Waals surface area contributed by atoms with Crippen LogP contribution >= 0.6 is 23.2 Å². The second-order valence-electron chi connectivity index (χ2n) is 8.11. The summed E-state index contributed by atoms with van der Waals surface area (Å²) in [5.74, 6) is -0.135. The number of hydrogen-bond acceptors (Lipinski definition) is 4. The smallest absolute Gasteiger partial charge is 0.225 e. The Kier molecular flexibility index (Phi) is 8.96. The molecule has 1 unspecified atom stereocenters. The number of benzene rings is 2. The highest BCUT2D eigenvalue weighted by molar-refractivity contribution is 7.82. The molecule has 1 aliphatic rings. The van der Waals surface area contributed by atoms with Crippen LogP contribution in [0.2, 0.25) is 10.0 Å². The number of amides is 1. The van der Waals surface area contributed by atoms with Gasteiger partial charge < -0.3 is 10.2 Å². The van der Waals surface area contributed by atoms with Crippen LogP contribution in [0.5, 0.6) is 0 Å². The zero-order valence-electron chi connectivity index (χ0n) is 18.7. The molecule has 0 saturated carbocycles. The van der Waals surface area contributed by atoms with Crippen molar-refractivity contribution in [1.29, 1.82) is 0 Å². The maximum Gasteiger partial charge on any atom is 0.225 e. The van der Waals surface area contributed by atoms with Crippen molar-refractivity contribution >= 4 is 51.5 Å². The fourth-order valence-electron chi connectivity index (χ4n) is 3.60. The average Bonchev–Trinajstić information content (AvgIpc) is 2.79. The van der Waals surface area contributed by atoms with E-state index in [1.54, 1.807) is 29.6 Å². The summed E-state index contributed by atoms with van der Waals surface area (Å²) in [6, 6.07) is 13.5. The molecular formula is C23H30Cl2N4O2S. The van der Waals surface area contributed by atoms with Crippen LogP contribution in [0, 0.1) is 0 Å². The van der Waals surface area contributed by atoms with Gasteiger partial charge in [-0.25, -0.2) is 8.51 Å². The van der Waals surface area contributed by atoms with Crippen LogP contribution < -0.4 is 10.2 Å². The van der Waals surface area contributed by atoms with E-state index >= 15 is 0 Å². The molecule has 1 saturated heterocycles. The van der Waals surface area contributed by atoms with Gasteiger partial charge in [0, 0.05) is 63.6 Å². The average molecular weight is 497 g/mol. The van der Waals surface area contributed by atoms with Gasteiger partial charge in [-0.1, -0.05) is 29.3 Å². The summed E-state index contributed by atoms with van der Waals surface area (Å²) in [4.78, 5) is 17.7. The molecular weight excluding hydrogens is 467 g/mol. The van der Waals surface area contributed by atoms with E-state index in [2.05, 4.69) is 29.0 Å². The molecule has 0 aliphatic carbocycles. The van der Waals surface area contributed by atoms with E-state index in [9.17, 15) is 9.00 Å². The van der Waals surface area contributed by atoms with Crippen LogP contribution in [-0.4, -0.2) is 65.1 Å². The lowest BCUT2D eigenvalue weighted by atomic mass is 10.2. The Hall–Kier alpha value is -1.64. The summed E-state index contributed by atoms with van der Waals surface area (Å²) in [6.07, 6.45) is 0.208. The summed E-state index contributed by atoms with van der Waals surface area (Å²) in [6.45, 7) is 8.91. The number of carbonyl (C=O) groups excluding carboxylic acids is 1. The van der Waals surface area contributed by atoms with Crippen molar-refractivity contribution < 1.29 is 9.00 Å². The van der Waals surface area contributed by atoms with E-state index in [1.807, 2.05) is 24.3 Å². The molecule has 1 heterocycles. The van der Waals surface area contributed by atoms with E-state index in [0.29, 0.717) is 22.5 Å². The summed E-state index contributed by atoms with van der Waals surface area (Å²) in [5.41, 5.74) is 1.92. The van der Waals surface area contributed by atoms with Crippen LogP contribution in [0.1, 0.15) is 20.3 Å². The molecule has 1 amide bonds. The zero-order valence-corrected chi connectivity index (χ0v) is 21.0. The Morgan fingerprint density at radius 2 is 1.75 bits per heavy atom. The Morgan fingerprint density at radius 3 is 2.38 bits per heavy atom. The minimum atomic E-state index is -1.50. The van der Waals surface area contributed by atoms with E-state index in [4.69, 9.17) is 23.2 Å². The Balaban J connectivity index is 1.48. The lowest BCUT2D eigenvalue weighted by Gasteiger charge is -2.38. The van der Waals surface area contributed by atoms with Gasteiger partial charge in [0.2, 0.25) is 5.91 Å². The third-order valence-corrected chi connectivity index (χ3v) is 8.00. The van der Waals surface area contributed by atoms with E-state index in [-0.39, 0.29) is 17.4 Å². The first kappa shape index (κ1) is 25.0. The summed E-state index contributed by atoms with van der Waals surface area (Å²) >= 11 is 12.2. The summed E-state index contributed by atoms with van der Waals surface area (Å²) in [7, 11) is 0.192. The Labute approximate surface area is 203 Å². The highest BCUT2D eigenvalue weighted by Gasteiger charge is 2.19. The molecule has 9 heteroatoms. The van der Waals surface area contributed by atoms with Gasteiger partial charge in [0.1, 0.15) is 11.0 Å². The predicted octanol–water partition coefficient (Wildman–Crippen LogP) is 4.51. The molecule has 174 valence electrons. The molecule has 1 atom stereocenters. The fraction of sp³-hybridized carbons (Fsp3) is 0.435. The second kappa shape index (κ2) is 11.5. The van der Waals surface area contributed by atoms with Crippen LogP contribution in [-0.2, 0) is 15.8 Å². The normalized spacial score (nSPS) is 15.9. The third kappa shape index (κ3) is 6.45. The number of carbonyl (C=O) groups is 1. The maximum atomic E-state index is 12.7. The Bertz CT molecular complexity index is 948. The van der Waals surface area contributed by atoms with Gasteiger partial charge in [-0.2, -0.15) is 0 Å². The number of rotatable bonds is 8. The molecule has 0 bridgehead atoms. The van der Waals surface area contributed by atoms with Gasteiger partial charge >= 0.3 is 0 Å². The zero-order chi connectivity index (χ0) is 23.3. The molecule has 1 fully saturated rings. The molecule has 1 aliphatic heterocycles. The predicted molar refractivity (Wildman–Crippen MR) is 134 cm³/mol. The maximum absolute atomic E-state index is 12.7. The van der Waals surface area contributed by atoms with E-state index < -0.39 is 11.0 Å². The van der Waals surface area contributed by atoms with E-state index in [1.165, 1.54) is 5.69 Å². The molecule has 2 aromatic carbocycles.